The molecular formula is C15H26N4O3. The number of urea groups is 1. The van der Waals surface area contributed by atoms with Crippen molar-refractivity contribution in [1.82, 2.24) is 20.8 Å². The lowest BCUT2D eigenvalue weighted by Gasteiger charge is -2.32. The van der Waals surface area contributed by atoms with Crippen molar-refractivity contribution in [2.24, 2.45) is 0 Å². The molecule has 1 fully saturated rings. The molecule has 7 nitrogen and oxygen atoms in total. The number of nitrogens with zero attached hydrogens (tertiary/aromatic N) is 2. The fourth-order valence-electron chi connectivity index (χ4n) is 2.48. The van der Waals surface area contributed by atoms with Crippen LogP contribution in [0.4, 0.5) is 4.79 Å². The van der Waals surface area contributed by atoms with Gasteiger partial charge < -0.3 is 20.3 Å². The van der Waals surface area contributed by atoms with Crippen LogP contribution in [0.15, 0.2) is 4.52 Å². The Kier molecular flexibility index (Phi) is 5.05. The van der Waals surface area contributed by atoms with Crippen molar-refractivity contribution in [2.75, 3.05) is 6.54 Å². The van der Waals surface area contributed by atoms with Gasteiger partial charge in [-0.05, 0) is 12.8 Å². The van der Waals surface area contributed by atoms with Crippen molar-refractivity contribution >= 4 is 6.03 Å². The van der Waals surface area contributed by atoms with Gasteiger partial charge in [-0.15, -0.1) is 0 Å². The Hall–Kier alpha value is -1.63. The highest BCUT2D eigenvalue weighted by atomic mass is 16.5. The third-order valence-electron chi connectivity index (χ3n) is 3.88. The molecule has 1 aromatic rings. The summed E-state index contributed by atoms with van der Waals surface area (Å²) in [5.74, 6) is 0.984. The van der Waals surface area contributed by atoms with Gasteiger partial charge in [0, 0.05) is 12.0 Å². The SMILES string of the molecule is CC(C)(C)c1nc(CNC(=O)NCC2(O)CCCCC2)no1. The van der Waals surface area contributed by atoms with Gasteiger partial charge >= 0.3 is 6.03 Å². The Balaban J connectivity index is 1.74. The summed E-state index contributed by atoms with van der Waals surface area (Å²) in [5.41, 5.74) is -0.973. The third kappa shape index (κ3) is 4.69. The fourth-order valence-corrected chi connectivity index (χ4v) is 2.48. The molecule has 1 heterocycles. The predicted molar refractivity (Wildman–Crippen MR) is 81.3 cm³/mol. The number of hydrogen-bond donors (Lipinski definition) is 3. The minimum Gasteiger partial charge on any atom is -0.388 e. The van der Waals surface area contributed by atoms with Gasteiger partial charge in [-0.25, -0.2) is 4.79 Å². The minimum absolute atomic E-state index is 0.198. The number of carbonyl (C=O) groups excluding carboxylic acids is 1. The summed E-state index contributed by atoms with van der Waals surface area (Å²) in [6.07, 6.45) is 4.67. The number of nitrogens with one attached hydrogen (secondary N) is 2. The zero-order valence-electron chi connectivity index (χ0n) is 13.6. The van der Waals surface area contributed by atoms with E-state index >= 15 is 0 Å². The first-order chi connectivity index (χ1) is 10.3. The van der Waals surface area contributed by atoms with Gasteiger partial charge in [-0.3, -0.25) is 0 Å². The second-order valence-corrected chi connectivity index (χ2v) is 7.09. The Morgan fingerprint density at radius 3 is 2.55 bits per heavy atom. The predicted octanol–water partition coefficient (Wildman–Crippen LogP) is 1.86. The summed E-state index contributed by atoms with van der Waals surface area (Å²) in [4.78, 5) is 16.0. The van der Waals surface area contributed by atoms with Crippen LogP contribution in [0, 0.1) is 0 Å². The van der Waals surface area contributed by atoms with Crippen LogP contribution < -0.4 is 10.6 Å². The van der Waals surface area contributed by atoms with E-state index in [4.69, 9.17) is 4.52 Å². The lowest BCUT2D eigenvalue weighted by molar-refractivity contribution is 0.00719. The van der Waals surface area contributed by atoms with E-state index in [9.17, 15) is 9.90 Å². The molecular weight excluding hydrogens is 284 g/mol. The standard InChI is InChI=1S/C15H26N4O3/c1-14(2,3)12-18-11(19-22-12)9-16-13(20)17-10-15(21)7-5-4-6-8-15/h21H,4-10H2,1-3H3,(H2,16,17,20). The molecule has 1 aliphatic carbocycles. The maximum atomic E-state index is 11.8. The van der Waals surface area contributed by atoms with Crippen molar-refractivity contribution in [2.45, 2.75) is 70.4 Å². The molecule has 0 bridgehead atoms. The van der Waals surface area contributed by atoms with E-state index in [1.54, 1.807) is 0 Å². The minimum atomic E-state index is -0.763. The summed E-state index contributed by atoms with van der Waals surface area (Å²) in [5, 5.41) is 19.5. The molecule has 1 aliphatic rings. The molecule has 1 saturated carbocycles. The van der Waals surface area contributed by atoms with E-state index in [1.165, 1.54) is 0 Å². The van der Waals surface area contributed by atoms with Crippen LogP contribution in [0.2, 0.25) is 0 Å². The number of aromatic nitrogens is 2. The maximum absolute atomic E-state index is 11.8. The van der Waals surface area contributed by atoms with Crippen LogP contribution in [0.1, 0.15) is 64.6 Å². The highest BCUT2D eigenvalue weighted by Gasteiger charge is 2.29. The van der Waals surface area contributed by atoms with Crippen molar-refractivity contribution < 1.29 is 14.4 Å². The van der Waals surface area contributed by atoms with Gasteiger partial charge in [-0.1, -0.05) is 45.2 Å². The van der Waals surface area contributed by atoms with Crippen molar-refractivity contribution in [3.8, 4) is 0 Å². The molecule has 3 N–H and O–H groups in total. The van der Waals surface area contributed by atoms with Crippen LogP contribution in [0.5, 0.6) is 0 Å². The van der Waals surface area contributed by atoms with E-state index in [1.807, 2.05) is 20.8 Å². The first-order valence-electron chi connectivity index (χ1n) is 7.86. The molecule has 0 aliphatic heterocycles. The van der Waals surface area contributed by atoms with Crippen LogP contribution in [-0.2, 0) is 12.0 Å². The number of amides is 2. The Morgan fingerprint density at radius 1 is 1.27 bits per heavy atom. The fraction of sp³-hybridized carbons (Fsp3) is 0.800. The molecule has 0 aromatic carbocycles. The topological polar surface area (TPSA) is 100 Å². The second-order valence-electron chi connectivity index (χ2n) is 7.09. The molecule has 0 atom stereocenters. The first kappa shape index (κ1) is 16.7. The van der Waals surface area contributed by atoms with Crippen molar-refractivity contribution in [3.05, 3.63) is 11.7 Å². The molecule has 0 unspecified atom stereocenters. The molecule has 0 saturated heterocycles. The highest BCUT2D eigenvalue weighted by Crippen LogP contribution is 2.27. The lowest BCUT2D eigenvalue weighted by atomic mass is 9.85. The van der Waals surface area contributed by atoms with E-state index in [-0.39, 0.29) is 24.5 Å². The largest absolute Gasteiger partial charge is 0.388 e. The maximum Gasteiger partial charge on any atom is 0.315 e. The summed E-state index contributed by atoms with van der Waals surface area (Å²) in [7, 11) is 0. The third-order valence-corrected chi connectivity index (χ3v) is 3.88. The van der Waals surface area contributed by atoms with E-state index < -0.39 is 5.60 Å². The van der Waals surface area contributed by atoms with Crippen LogP contribution in [0.25, 0.3) is 0 Å². The Morgan fingerprint density at radius 2 is 1.95 bits per heavy atom. The van der Waals surface area contributed by atoms with Gasteiger partial charge in [-0.2, -0.15) is 4.98 Å². The monoisotopic (exact) mass is 310 g/mol. The van der Waals surface area contributed by atoms with Crippen molar-refractivity contribution in [1.29, 1.82) is 0 Å². The number of carbonyl (C=O) groups is 1. The van der Waals surface area contributed by atoms with Crippen LogP contribution >= 0.6 is 0 Å². The second kappa shape index (κ2) is 6.64. The number of hydrogen-bond acceptors (Lipinski definition) is 5. The van der Waals surface area contributed by atoms with E-state index in [0.717, 1.165) is 32.1 Å². The van der Waals surface area contributed by atoms with Gasteiger partial charge in [0.15, 0.2) is 5.82 Å². The highest BCUT2D eigenvalue weighted by molar-refractivity contribution is 5.73. The van der Waals surface area contributed by atoms with Gasteiger partial charge in [0.1, 0.15) is 0 Å². The molecule has 7 heteroatoms. The summed E-state index contributed by atoms with van der Waals surface area (Å²) < 4.78 is 5.16. The summed E-state index contributed by atoms with van der Waals surface area (Å²) in [6.45, 7) is 6.42. The van der Waals surface area contributed by atoms with Gasteiger partial charge in [0.05, 0.1) is 12.1 Å². The van der Waals surface area contributed by atoms with Crippen molar-refractivity contribution in [3.63, 3.8) is 0 Å². The van der Waals surface area contributed by atoms with Crippen LogP contribution in [0.3, 0.4) is 0 Å². The first-order valence-corrected chi connectivity index (χ1v) is 7.86. The van der Waals surface area contributed by atoms with Gasteiger partial charge in [0.25, 0.3) is 0 Å². The molecule has 0 radical (unpaired) electrons. The zero-order valence-corrected chi connectivity index (χ0v) is 13.6. The summed E-state index contributed by atoms with van der Waals surface area (Å²) >= 11 is 0. The molecule has 2 amide bonds. The smallest absolute Gasteiger partial charge is 0.315 e. The quantitative estimate of drug-likeness (QED) is 0.788. The normalized spacial score (nSPS) is 18.0. The molecule has 22 heavy (non-hydrogen) atoms. The van der Waals surface area contributed by atoms with Crippen LogP contribution in [-0.4, -0.2) is 33.4 Å². The average molecular weight is 310 g/mol. The lowest BCUT2D eigenvalue weighted by Crippen LogP contribution is -2.47. The molecule has 124 valence electrons. The zero-order chi connectivity index (χ0) is 16.2. The van der Waals surface area contributed by atoms with E-state index in [0.29, 0.717) is 11.7 Å². The van der Waals surface area contributed by atoms with Gasteiger partial charge in [0.2, 0.25) is 5.89 Å². The molecule has 0 spiro atoms. The number of aliphatic hydroxyl groups is 1. The molecule has 1 aromatic heterocycles. The molecule has 2 rings (SSSR count). The summed E-state index contributed by atoms with van der Waals surface area (Å²) in [6, 6.07) is -0.332. The Labute approximate surface area is 130 Å². The van der Waals surface area contributed by atoms with E-state index in [2.05, 4.69) is 20.8 Å². The Bertz CT molecular complexity index is 501. The number of rotatable bonds is 4. The average Bonchev–Trinajstić information content (AvgIpc) is 2.93.